The van der Waals surface area contributed by atoms with Crippen LogP contribution in [0.25, 0.3) is 0 Å². The quantitative estimate of drug-likeness (QED) is 0.256. The number of hydrogen-bond donors (Lipinski definition) is 2. The Morgan fingerprint density at radius 3 is 0.667 bits per heavy atom. The van der Waals surface area contributed by atoms with Crippen molar-refractivity contribution in [1.29, 1.82) is 0 Å². The monoisotopic (exact) mass is 88.1 g/mol. The SMILES string of the molecule is C=C.C=C.NN. The fourth-order valence-corrected chi connectivity index (χ4v) is 0. The smallest absolute Gasteiger partial charge is 0.106 e. The van der Waals surface area contributed by atoms with Crippen LogP contribution >= 0.6 is 0 Å². The van der Waals surface area contributed by atoms with Crippen molar-refractivity contribution in [3.63, 3.8) is 0 Å². The molecule has 0 radical (unpaired) electrons. The van der Waals surface area contributed by atoms with Crippen LogP contribution in [0, 0.1) is 0 Å². The molecule has 0 atom stereocenters. The van der Waals surface area contributed by atoms with Crippen molar-refractivity contribution in [2.75, 3.05) is 0 Å². The first-order chi connectivity index (χ1) is 3.00. The second-order valence-corrected chi connectivity index (χ2v) is 0. The van der Waals surface area contributed by atoms with E-state index in [1.165, 1.54) is 0 Å². The lowest BCUT2D eigenvalue weighted by Crippen LogP contribution is -2.02. The highest BCUT2D eigenvalue weighted by molar-refractivity contribution is 4.22. The summed E-state index contributed by atoms with van der Waals surface area (Å²) in [7, 11) is 0. The van der Waals surface area contributed by atoms with Gasteiger partial charge < -0.3 is 0 Å². The van der Waals surface area contributed by atoms with E-state index in [0.717, 1.165) is 0 Å². The molecule has 0 heterocycles. The fourth-order valence-electron chi connectivity index (χ4n) is 0. The van der Waals surface area contributed by atoms with Gasteiger partial charge in [0.25, 0.3) is 0 Å². The van der Waals surface area contributed by atoms with E-state index in [1.54, 1.807) is 0 Å². The van der Waals surface area contributed by atoms with Gasteiger partial charge in [-0.25, -0.2) is 0 Å². The zero-order valence-electron chi connectivity index (χ0n) is 3.98. The molecular weight excluding hydrogens is 76.1 g/mol. The highest BCUT2D eigenvalue weighted by Crippen LogP contribution is 0.864. The summed E-state index contributed by atoms with van der Waals surface area (Å²) >= 11 is 0. The Morgan fingerprint density at radius 2 is 0.667 bits per heavy atom. The molecule has 4 N–H and O–H groups in total. The molecule has 2 heteroatoms. The van der Waals surface area contributed by atoms with E-state index < -0.39 is 0 Å². The number of hydrogen-bond acceptors (Lipinski definition) is 2. The molecule has 0 aromatic carbocycles. The van der Waals surface area contributed by atoms with Crippen LogP contribution in [0.15, 0.2) is 26.3 Å². The third kappa shape index (κ3) is 54.4. The predicted molar refractivity (Wildman–Crippen MR) is 30.9 cm³/mol. The summed E-state index contributed by atoms with van der Waals surface area (Å²) in [5.74, 6) is 8.00. The minimum Gasteiger partial charge on any atom is -0.274 e. The van der Waals surface area contributed by atoms with Gasteiger partial charge in [0.05, 0.1) is 0 Å². The van der Waals surface area contributed by atoms with Gasteiger partial charge in [0, 0.05) is 0 Å². The Labute approximate surface area is 39.1 Å². The van der Waals surface area contributed by atoms with Crippen molar-refractivity contribution in [2.45, 2.75) is 0 Å². The maximum absolute atomic E-state index is 4.00. The van der Waals surface area contributed by atoms with Gasteiger partial charge >= 0.3 is 0 Å². The average molecular weight is 88.2 g/mol. The lowest BCUT2D eigenvalue weighted by Gasteiger charge is -1.27. The molecule has 6 heavy (non-hydrogen) atoms. The summed E-state index contributed by atoms with van der Waals surface area (Å²) in [6.45, 7) is 12.0. The topological polar surface area (TPSA) is 52.0 Å². The van der Waals surface area contributed by atoms with Crippen LogP contribution in [-0.2, 0) is 0 Å². The van der Waals surface area contributed by atoms with E-state index >= 15 is 0 Å². The van der Waals surface area contributed by atoms with Gasteiger partial charge in [-0.2, -0.15) is 0 Å². The molecule has 0 saturated carbocycles. The van der Waals surface area contributed by atoms with Gasteiger partial charge in [0.2, 0.25) is 0 Å². The van der Waals surface area contributed by atoms with Gasteiger partial charge in [-0.1, -0.05) is 0 Å². The van der Waals surface area contributed by atoms with Crippen molar-refractivity contribution in [3.8, 4) is 0 Å². The largest absolute Gasteiger partial charge is 0.274 e. The summed E-state index contributed by atoms with van der Waals surface area (Å²) in [6, 6.07) is 0. The van der Waals surface area contributed by atoms with Gasteiger partial charge in [0.15, 0.2) is 0 Å². The maximum Gasteiger partial charge on any atom is -0.106 e. The van der Waals surface area contributed by atoms with Gasteiger partial charge in [-0.05, 0) is 0 Å². The van der Waals surface area contributed by atoms with E-state index in [2.05, 4.69) is 38.0 Å². The number of nitrogens with two attached hydrogens (primary N) is 2. The van der Waals surface area contributed by atoms with Crippen LogP contribution in [0.5, 0.6) is 0 Å². The minimum absolute atomic E-state index is 3.00. The van der Waals surface area contributed by atoms with Crippen molar-refractivity contribution in [2.24, 2.45) is 11.7 Å². The normalized spacial score (nSPS) is 2.33. The molecule has 0 spiro atoms. The molecule has 0 aliphatic carbocycles. The average Bonchev–Trinajstić information content (AvgIpc) is 1.81. The molecule has 0 fully saturated rings. The molecule has 0 aliphatic rings. The zero-order valence-corrected chi connectivity index (χ0v) is 3.98. The van der Waals surface area contributed by atoms with E-state index in [-0.39, 0.29) is 0 Å². The second kappa shape index (κ2) is 141. The Hall–Kier alpha value is -0.600. The van der Waals surface area contributed by atoms with Crippen molar-refractivity contribution < 1.29 is 0 Å². The first-order valence-corrected chi connectivity index (χ1v) is 1.33. The number of hydrazine groups is 1. The van der Waals surface area contributed by atoms with Crippen LogP contribution in [0.4, 0.5) is 0 Å². The minimum atomic E-state index is 3.00. The summed E-state index contributed by atoms with van der Waals surface area (Å²) in [6.07, 6.45) is 0. The molecular formula is C4H12N2. The zero-order chi connectivity index (χ0) is 6.00. The summed E-state index contributed by atoms with van der Waals surface area (Å²) in [5, 5.41) is 0. The van der Waals surface area contributed by atoms with Crippen LogP contribution in [0.3, 0.4) is 0 Å². The third-order valence-electron chi connectivity index (χ3n) is 0. The highest BCUT2D eigenvalue weighted by atomic mass is 15.0. The van der Waals surface area contributed by atoms with E-state index in [0.29, 0.717) is 0 Å². The molecule has 2 nitrogen and oxygen atoms in total. The van der Waals surface area contributed by atoms with Crippen molar-refractivity contribution >= 4 is 0 Å². The van der Waals surface area contributed by atoms with E-state index in [9.17, 15) is 0 Å². The molecule has 0 saturated heterocycles. The lowest BCUT2D eigenvalue weighted by atomic mass is 11.3. The molecule has 38 valence electrons. The third-order valence-corrected chi connectivity index (χ3v) is 0. The van der Waals surface area contributed by atoms with E-state index in [4.69, 9.17) is 0 Å². The van der Waals surface area contributed by atoms with Gasteiger partial charge in [-0.3, -0.25) is 11.7 Å². The maximum atomic E-state index is 4.00. The predicted octanol–water partition coefficient (Wildman–Crippen LogP) is 0.423. The first-order valence-electron chi connectivity index (χ1n) is 1.33. The summed E-state index contributed by atoms with van der Waals surface area (Å²) in [4.78, 5) is 0. The van der Waals surface area contributed by atoms with E-state index in [1.807, 2.05) is 0 Å². The van der Waals surface area contributed by atoms with Gasteiger partial charge in [0.1, 0.15) is 0 Å². The summed E-state index contributed by atoms with van der Waals surface area (Å²) in [5.41, 5.74) is 0. The molecule has 0 aromatic heterocycles. The highest BCUT2D eigenvalue weighted by Gasteiger charge is 0.726. The lowest BCUT2D eigenvalue weighted by molar-refractivity contribution is 1.26. The molecule has 0 rings (SSSR count). The number of rotatable bonds is 0. The molecule has 0 amide bonds. The molecule has 0 aliphatic heterocycles. The first kappa shape index (κ1) is 18.2. The van der Waals surface area contributed by atoms with Gasteiger partial charge in [-0.15, -0.1) is 26.3 Å². The van der Waals surface area contributed by atoms with Crippen LogP contribution in [0.1, 0.15) is 0 Å². The standard InChI is InChI=1S/2C2H4.H4N2/c3*1-2/h3*1-2H2. The molecule has 0 unspecified atom stereocenters. The van der Waals surface area contributed by atoms with Crippen molar-refractivity contribution in [3.05, 3.63) is 26.3 Å². The molecule has 0 aromatic rings. The van der Waals surface area contributed by atoms with Crippen LogP contribution < -0.4 is 11.7 Å². The Balaban J connectivity index is -0.0000000225. The summed E-state index contributed by atoms with van der Waals surface area (Å²) < 4.78 is 0. The Bertz CT molecular complexity index is 7.51. The van der Waals surface area contributed by atoms with Crippen molar-refractivity contribution in [1.82, 2.24) is 0 Å². The fraction of sp³-hybridized carbons (Fsp3) is 0. The Kier molecular flexibility index (Phi) is 427. The van der Waals surface area contributed by atoms with Crippen LogP contribution in [0.2, 0.25) is 0 Å². The molecule has 0 bridgehead atoms. The van der Waals surface area contributed by atoms with Crippen LogP contribution in [-0.4, -0.2) is 0 Å². The second-order valence-electron chi connectivity index (χ2n) is 0. The Morgan fingerprint density at radius 1 is 0.667 bits per heavy atom.